The Kier molecular flexibility index (Phi) is 45.4. The fourth-order valence-electron chi connectivity index (χ4n) is 7.47. The third kappa shape index (κ3) is 45.2. The van der Waals surface area contributed by atoms with Gasteiger partial charge in [-0.05, 0) is 19.3 Å². The van der Waals surface area contributed by atoms with Crippen LogP contribution in [0.4, 0.5) is 0 Å². The van der Waals surface area contributed by atoms with Crippen LogP contribution in [0, 0.1) is 0 Å². The first-order chi connectivity index (χ1) is 24.8. The van der Waals surface area contributed by atoms with E-state index in [0.717, 1.165) is 32.0 Å². The minimum absolute atomic E-state index is 0.0190. The number of hydrogen-bond donors (Lipinski definition) is 0. The Balaban J connectivity index is 3.14. The molecule has 0 aliphatic heterocycles. The summed E-state index contributed by atoms with van der Waals surface area (Å²) in [5, 5.41) is 0. The molecule has 0 aromatic heterocycles. The van der Waals surface area contributed by atoms with Gasteiger partial charge in [0, 0.05) is 12.8 Å². The van der Waals surface area contributed by atoms with Crippen molar-refractivity contribution in [3.8, 4) is 0 Å². The second-order valence-corrected chi connectivity index (χ2v) is 16.1. The number of aldehydes is 1. The van der Waals surface area contributed by atoms with Gasteiger partial charge >= 0.3 is 5.97 Å². The molecular formula is C47H92O3. The van der Waals surface area contributed by atoms with E-state index in [4.69, 9.17) is 4.74 Å². The summed E-state index contributed by atoms with van der Waals surface area (Å²) in [7, 11) is 0. The Bertz CT molecular complexity index is 632. The molecule has 50 heavy (non-hydrogen) atoms. The van der Waals surface area contributed by atoms with Gasteiger partial charge in [-0.3, -0.25) is 4.79 Å². The van der Waals surface area contributed by atoms with Crippen molar-refractivity contribution in [2.45, 2.75) is 283 Å². The normalized spacial score (nSPS) is 11.4. The Morgan fingerprint density at radius 1 is 0.340 bits per heavy atom. The lowest BCUT2D eigenvalue weighted by molar-refractivity contribution is -0.143. The van der Waals surface area contributed by atoms with Crippen molar-refractivity contribution in [1.29, 1.82) is 0 Å². The molecular weight excluding hydrogens is 613 g/mol. The van der Waals surface area contributed by atoms with Crippen molar-refractivity contribution in [2.24, 2.45) is 0 Å². The third-order valence-corrected chi connectivity index (χ3v) is 11.0. The maximum absolute atomic E-state index is 12.0. The maximum atomic E-state index is 12.0. The van der Waals surface area contributed by atoms with Crippen LogP contribution >= 0.6 is 0 Å². The number of carbonyl (C=O) groups is 2. The van der Waals surface area contributed by atoms with Gasteiger partial charge in [-0.2, -0.15) is 0 Å². The van der Waals surface area contributed by atoms with E-state index in [1.54, 1.807) is 0 Å². The fourth-order valence-corrected chi connectivity index (χ4v) is 7.47. The zero-order valence-corrected chi connectivity index (χ0v) is 34.4. The molecule has 0 heterocycles. The van der Waals surface area contributed by atoms with E-state index < -0.39 is 0 Å². The summed E-state index contributed by atoms with van der Waals surface area (Å²) in [6.07, 6.45) is 58.4. The monoisotopic (exact) mass is 705 g/mol. The first-order valence-corrected chi connectivity index (χ1v) is 23.4. The van der Waals surface area contributed by atoms with Crippen LogP contribution in [0.3, 0.4) is 0 Å². The van der Waals surface area contributed by atoms with E-state index in [2.05, 4.69) is 6.92 Å². The molecule has 3 heteroatoms. The Morgan fingerprint density at radius 3 is 0.860 bits per heavy atom. The summed E-state index contributed by atoms with van der Waals surface area (Å²) in [5.74, 6) is 0.0190. The summed E-state index contributed by atoms with van der Waals surface area (Å²) in [6, 6.07) is 0. The summed E-state index contributed by atoms with van der Waals surface area (Å²) < 4.78 is 5.47. The van der Waals surface area contributed by atoms with Crippen LogP contribution in [-0.2, 0) is 14.3 Å². The molecule has 0 aliphatic rings. The van der Waals surface area contributed by atoms with Crippen LogP contribution in [0.5, 0.6) is 0 Å². The molecule has 0 amide bonds. The molecule has 0 fully saturated rings. The standard InChI is InChI=1S/C47H92O3/c1-2-3-4-5-6-7-8-9-10-11-12-13-14-15-16-17-18-19-20-21-23-26-29-32-35-38-41-44-47(49)50-46-43-40-37-34-31-28-25-22-24-27-30-33-36-39-42-45-48/h45H,2-44,46H2,1H3. The molecule has 0 N–H and O–H groups in total. The van der Waals surface area contributed by atoms with Crippen LogP contribution in [0.15, 0.2) is 0 Å². The van der Waals surface area contributed by atoms with Gasteiger partial charge in [0.1, 0.15) is 6.29 Å². The molecule has 0 radical (unpaired) electrons. The zero-order chi connectivity index (χ0) is 36.1. The summed E-state index contributed by atoms with van der Waals surface area (Å²) >= 11 is 0. The number of esters is 1. The van der Waals surface area contributed by atoms with Crippen molar-refractivity contribution in [2.75, 3.05) is 6.61 Å². The molecule has 0 rings (SSSR count). The van der Waals surface area contributed by atoms with Gasteiger partial charge in [-0.1, -0.05) is 251 Å². The first-order valence-electron chi connectivity index (χ1n) is 23.4. The lowest BCUT2D eigenvalue weighted by atomic mass is 10.0. The molecule has 3 nitrogen and oxygen atoms in total. The number of carbonyl (C=O) groups excluding carboxylic acids is 2. The van der Waals surface area contributed by atoms with Crippen LogP contribution in [0.2, 0.25) is 0 Å². The number of rotatable bonds is 45. The van der Waals surface area contributed by atoms with Gasteiger partial charge in [-0.15, -0.1) is 0 Å². The van der Waals surface area contributed by atoms with Gasteiger partial charge in [-0.25, -0.2) is 0 Å². The van der Waals surface area contributed by atoms with Gasteiger partial charge in [0.05, 0.1) is 6.61 Å². The average molecular weight is 705 g/mol. The lowest BCUT2D eigenvalue weighted by Crippen LogP contribution is -2.05. The SMILES string of the molecule is CCCCCCCCCCCCCCCCCCCCCCCCCCCCCC(=O)OCCCCCCCCCCCCCCCCC=O. The lowest BCUT2D eigenvalue weighted by Gasteiger charge is -2.06. The second kappa shape index (κ2) is 46.2. The van der Waals surface area contributed by atoms with Crippen molar-refractivity contribution in [3.63, 3.8) is 0 Å². The first kappa shape index (κ1) is 49.1. The quantitative estimate of drug-likeness (QED) is 0.0360. The van der Waals surface area contributed by atoms with Crippen LogP contribution < -0.4 is 0 Å². The summed E-state index contributed by atoms with van der Waals surface area (Å²) in [4.78, 5) is 22.3. The van der Waals surface area contributed by atoms with Gasteiger partial charge in [0.2, 0.25) is 0 Å². The number of unbranched alkanes of at least 4 members (excludes halogenated alkanes) is 40. The molecule has 0 atom stereocenters. The minimum Gasteiger partial charge on any atom is -0.466 e. The van der Waals surface area contributed by atoms with Crippen molar-refractivity contribution >= 4 is 12.3 Å². The van der Waals surface area contributed by atoms with E-state index in [9.17, 15) is 9.59 Å². The third-order valence-electron chi connectivity index (χ3n) is 11.0. The highest BCUT2D eigenvalue weighted by Gasteiger charge is 2.03. The van der Waals surface area contributed by atoms with E-state index >= 15 is 0 Å². The summed E-state index contributed by atoms with van der Waals surface area (Å²) in [6.45, 7) is 2.92. The Labute approximate surface area is 315 Å². The van der Waals surface area contributed by atoms with Gasteiger partial charge < -0.3 is 9.53 Å². The largest absolute Gasteiger partial charge is 0.466 e. The number of ether oxygens (including phenoxy) is 1. The highest BCUT2D eigenvalue weighted by molar-refractivity contribution is 5.69. The van der Waals surface area contributed by atoms with Crippen LogP contribution in [0.25, 0.3) is 0 Å². The van der Waals surface area contributed by atoms with Gasteiger partial charge in [0.25, 0.3) is 0 Å². The molecule has 0 aliphatic carbocycles. The summed E-state index contributed by atoms with van der Waals surface area (Å²) in [5.41, 5.74) is 0. The smallest absolute Gasteiger partial charge is 0.305 e. The molecule has 0 saturated heterocycles. The van der Waals surface area contributed by atoms with Crippen molar-refractivity contribution in [3.05, 3.63) is 0 Å². The van der Waals surface area contributed by atoms with Crippen LogP contribution in [-0.4, -0.2) is 18.9 Å². The highest BCUT2D eigenvalue weighted by Crippen LogP contribution is 2.17. The topological polar surface area (TPSA) is 43.4 Å². The molecule has 0 bridgehead atoms. The second-order valence-electron chi connectivity index (χ2n) is 16.1. The van der Waals surface area contributed by atoms with Crippen molar-refractivity contribution in [1.82, 2.24) is 0 Å². The van der Waals surface area contributed by atoms with E-state index in [-0.39, 0.29) is 5.97 Å². The minimum atomic E-state index is 0.0190. The Hall–Kier alpha value is -0.860. The van der Waals surface area contributed by atoms with Gasteiger partial charge in [0.15, 0.2) is 0 Å². The van der Waals surface area contributed by atoms with E-state index in [0.29, 0.717) is 13.0 Å². The molecule has 0 saturated carbocycles. The highest BCUT2D eigenvalue weighted by atomic mass is 16.5. The average Bonchev–Trinajstić information content (AvgIpc) is 3.12. The maximum Gasteiger partial charge on any atom is 0.305 e. The predicted molar refractivity (Wildman–Crippen MR) is 221 cm³/mol. The molecule has 0 aromatic rings. The van der Waals surface area contributed by atoms with Crippen LogP contribution in [0.1, 0.15) is 283 Å². The van der Waals surface area contributed by atoms with E-state index in [1.165, 1.54) is 244 Å². The predicted octanol–water partition coefficient (Wildman–Crippen LogP) is 16.5. The molecule has 0 aromatic carbocycles. The van der Waals surface area contributed by atoms with E-state index in [1.807, 2.05) is 0 Å². The molecule has 298 valence electrons. The molecule has 0 spiro atoms. The fraction of sp³-hybridized carbons (Fsp3) is 0.957. The Morgan fingerprint density at radius 2 is 0.580 bits per heavy atom. The number of hydrogen-bond acceptors (Lipinski definition) is 3. The zero-order valence-electron chi connectivity index (χ0n) is 34.4. The molecule has 0 unspecified atom stereocenters. The van der Waals surface area contributed by atoms with Crippen molar-refractivity contribution < 1.29 is 14.3 Å².